The summed E-state index contributed by atoms with van der Waals surface area (Å²) in [6, 6.07) is 12.8. The van der Waals surface area contributed by atoms with Crippen LogP contribution in [0, 0.1) is 6.92 Å². The number of amides is 1. The van der Waals surface area contributed by atoms with Gasteiger partial charge in [-0.2, -0.15) is 0 Å². The first-order chi connectivity index (χ1) is 10.9. The smallest absolute Gasteiger partial charge is 0.267 e. The van der Waals surface area contributed by atoms with Gasteiger partial charge in [-0.05, 0) is 56.7 Å². The average molecular weight is 352 g/mol. The topological polar surface area (TPSA) is 29.5 Å². The minimum absolute atomic E-state index is 0.121. The van der Waals surface area contributed by atoms with E-state index in [1.54, 1.807) is 30.0 Å². The fraction of sp³-hybridized carbons (Fsp3) is 0.278. The Hall–Kier alpha value is -1.71. The second-order valence-corrected chi connectivity index (χ2v) is 6.10. The highest BCUT2D eigenvalue weighted by molar-refractivity contribution is 6.35. The molecule has 0 bridgehead atoms. The summed E-state index contributed by atoms with van der Waals surface area (Å²) in [6.07, 6.45) is -0.658. The zero-order chi connectivity index (χ0) is 17.0. The van der Waals surface area contributed by atoms with Crippen LogP contribution < -0.4 is 9.64 Å². The van der Waals surface area contributed by atoms with Crippen molar-refractivity contribution in [3.63, 3.8) is 0 Å². The van der Waals surface area contributed by atoms with Crippen LogP contribution in [0.5, 0.6) is 5.75 Å². The van der Waals surface area contributed by atoms with E-state index >= 15 is 0 Å². The van der Waals surface area contributed by atoms with Crippen LogP contribution in [0.1, 0.15) is 19.4 Å². The predicted octanol–water partition coefficient (Wildman–Crippen LogP) is 5.12. The maximum atomic E-state index is 12.7. The van der Waals surface area contributed by atoms with Gasteiger partial charge in [0.1, 0.15) is 5.75 Å². The SMILES string of the molecule is CCN(C(=O)C(C)Oc1ccc(Cl)cc1Cl)c1cccc(C)c1. The van der Waals surface area contributed by atoms with Crippen molar-refractivity contribution in [1.82, 2.24) is 0 Å². The zero-order valence-corrected chi connectivity index (χ0v) is 14.9. The highest BCUT2D eigenvalue weighted by atomic mass is 35.5. The zero-order valence-electron chi connectivity index (χ0n) is 13.3. The molecule has 5 heteroatoms. The molecule has 0 saturated heterocycles. The summed E-state index contributed by atoms with van der Waals surface area (Å²) in [5.41, 5.74) is 1.96. The number of aryl methyl sites for hydroxylation is 1. The normalized spacial score (nSPS) is 11.9. The van der Waals surface area contributed by atoms with E-state index in [9.17, 15) is 4.79 Å². The Labute approximate surface area is 146 Å². The van der Waals surface area contributed by atoms with Gasteiger partial charge in [-0.1, -0.05) is 35.3 Å². The van der Waals surface area contributed by atoms with Gasteiger partial charge in [0.25, 0.3) is 5.91 Å². The molecule has 0 fully saturated rings. The Bertz CT molecular complexity index is 703. The standard InChI is InChI=1S/C18H19Cl2NO2/c1-4-21(15-7-5-6-12(2)10-15)18(22)13(3)23-17-9-8-14(19)11-16(17)20/h5-11,13H,4H2,1-3H3. The van der Waals surface area contributed by atoms with Crippen molar-refractivity contribution in [3.05, 3.63) is 58.1 Å². The third-order valence-electron chi connectivity index (χ3n) is 3.44. The van der Waals surface area contributed by atoms with Gasteiger partial charge in [-0.25, -0.2) is 0 Å². The molecule has 0 aliphatic heterocycles. The Kier molecular flexibility index (Phi) is 5.91. The number of likely N-dealkylation sites (N-methyl/N-ethyl adjacent to an activating group) is 1. The quantitative estimate of drug-likeness (QED) is 0.747. The molecule has 1 amide bonds. The van der Waals surface area contributed by atoms with Gasteiger partial charge in [0.2, 0.25) is 0 Å². The van der Waals surface area contributed by atoms with E-state index in [0.717, 1.165) is 11.3 Å². The number of rotatable bonds is 5. The summed E-state index contributed by atoms with van der Waals surface area (Å²) in [7, 11) is 0. The van der Waals surface area contributed by atoms with Gasteiger partial charge in [0.05, 0.1) is 5.02 Å². The van der Waals surface area contributed by atoms with Crippen LogP contribution in [0.15, 0.2) is 42.5 Å². The molecule has 1 atom stereocenters. The van der Waals surface area contributed by atoms with Crippen LogP contribution >= 0.6 is 23.2 Å². The number of hydrogen-bond acceptors (Lipinski definition) is 2. The maximum Gasteiger partial charge on any atom is 0.267 e. The molecule has 0 aliphatic carbocycles. The summed E-state index contributed by atoms with van der Waals surface area (Å²) in [6.45, 7) is 6.20. The Balaban J connectivity index is 2.17. The molecule has 1 unspecified atom stereocenters. The molecule has 2 aromatic rings. The molecule has 0 heterocycles. The van der Waals surface area contributed by atoms with Gasteiger partial charge in [-0.15, -0.1) is 0 Å². The summed E-state index contributed by atoms with van der Waals surface area (Å²) >= 11 is 12.0. The molecule has 122 valence electrons. The van der Waals surface area contributed by atoms with Gasteiger partial charge in [0, 0.05) is 17.3 Å². The van der Waals surface area contributed by atoms with Crippen LogP contribution in [-0.2, 0) is 4.79 Å². The lowest BCUT2D eigenvalue weighted by molar-refractivity contribution is -0.124. The van der Waals surface area contributed by atoms with Gasteiger partial charge in [0.15, 0.2) is 6.10 Å². The van der Waals surface area contributed by atoms with Crippen molar-refractivity contribution >= 4 is 34.8 Å². The highest BCUT2D eigenvalue weighted by Crippen LogP contribution is 2.29. The lowest BCUT2D eigenvalue weighted by Crippen LogP contribution is -2.40. The van der Waals surface area contributed by atoms with Crippen LogP contribution in [-0.4, -0.2) is 18.6 Å². The first-order valence-corrected chi connectivity index (χ1v) is 8.17. The third kappa shape index (κ3) is 4.40. The minimum atomic E-state index is -0.658. The Morgan fingerprint density at radius 1 is 1.22 bits per heavy atom. The first-order valence-electron chi connectivity index (χ1n) is 7.42. The molecule has 0 saturated carbocycles. The van der Waals surface area contributed by atoms with Gasteiger partial charge < -0.3 is 9.64 Å². The van der Waals surface area contributed by atoms with Gasteiger partial charge in [-0.3, -0.25) is 4.79 Å². The molecule has 2 rings (SSSR count). The Morgan fingerprint density at radius 2 is 1.96 bits per heavy atom. The lowest BCUT2D eigenvalue weighted by atomic mass is 10.2. The van der Waals surface area contributed by atoms with E-state index in [1.807, 2.05) is 38.1 Å². The molecule has 0 radical (unpaired) electrons. The monoisotopic (exact) mass is 351 g/mol. The van der Waals surface area contributed by atoms with Crippen LogP contribution in [0.3, 0.4) is 0 Å². The average Bonchev–Trinajstić information content (AvgIpc) is 2.50. The van der Waals surface area contributed by atoms with Crippen molar-refractivity contribution < 1.29 is 9.53 Å². The van der Waals surface area contributed by atoms with Crippen LogP contribution in [0.4, 0.5) is 5.69 Å². The first kappa shape index (κ1) is 17.6. The number of nitrogens with zero attached hydrogens (tertiary/aromatic N) is 1. The van der Waals surface area contributed by atoms with Gasteiger partial charge >= 0.3 is 0 Å². The molecule has 0 N–H and O–H groups in total. The van der Waals surface area contributed by atoms with E-state index in [1.165, 1.54) is 0 Å². The lowest BCUT2D eigenvalue weighted by Gasteiger charge is -2.25. The van der Waals surface area contributed by atoms with Crippen molar-refractivity contribution in [1.29, 1.82) is 0 Å². The third-order valence-corrected chi connectivity index (χ3v) is 3.97. The minimum Gasteiger partial charge on any atom is -0.479 e. The summed E-state index contributed by atoms with van der Waals surface area (Å²) in [5.74, 6) is 0.321. The number of carbonyl (C=O) groups excluding carboxylic acids is 1. The van der Waals surface area contributed by atoms with Crippen molar-refractivity contribution in [3.8, 4) is 5.75 Å². The predicted molar refractivity (Wildman–Crippen MR) is 95.8 cm³/mol. The Morgan fingerprint density at radius 3 is 2.57 bits per heavy atom. The molecule has 0 spiro atoms. The molecule has 3 nitrogen and oxygen atoms in total. The number of benzene rings is 2. The van der Waals surface area contributed by atoms with Crippen molar-refractivity contribution in [2.24, 2.45) is 0 Å². The number of anilines is 1. The number of halogens is 2. The second-order valence-electron chi connectivity index (χ2n) is 5.26. The van der Waals surface area contributed by atoms with Crippen molar-refractivity contribution in [2.75, 3.05) is 11.4 Å². The maximum absolute atomic E-state index is 12.7. The van der Waals surface area contributed by atoms with E-state index < -0.39 is 6.10 Å². The fourth-order valence-electron chi connectivity index (χ4n) is 2.29. The second kappa shape index (κ2) is 7.71. The van der Waals surface area contributed by atoms with E-state index in [4.69, 9.17) is 27.9 Å². The van der Waals surface area contributed by atoms with Crippen molar-refractivity contribution in [2.45, 2.75) is 26.9 Å². The molecular formula is C18H19Cl2NO2. The summed E-state index contributed by atoms with van der Waals surface area (Å²) < 4.78 is 5.71. The number of carbonyl (C=O) groups is 1. The fourth-order valence-corrected chi connectivity index (χ4v) is 2.75. The molecule has 23 heavy (non-hydrogen) atoms. The van der Waals surface area contributed by atoms with Crippen LogP contribution in [0.25, 0.3) is 0 Å². The summed E-state index contributed by atoms with van der Waals surface area (Å²) in [4.78, 5) is 14.4. The highest BCUT2D eigenvalue weighted by Gasteiger charge is 2.23. The number of ether oxygens (including phenoxy) is 1. The summed E-state index contributed by atoms with van der Waals surface area (Å²) in [5, 5.41) is 0.909. The van der Waals surface area contributed by atoms with E-state index in [0.29, 0.717) is 22.3 Å². The van der Waals surface area contributed by atoms with E-state index in [-0.39, 0.29) is 5.91 Å². The van der Waals surface area contributed by atoms with E-state index in [2.05, 4.69) is 0 Å². The molecular weight excluding hydrogens is 333 g/mol. The number of hydrogen-bond donors (Lipinski definition) is 0. The van der Waals surface area contributed by atoms with Crippen LogP contribution in [0.2, 0.25) is 10.0 Å². The molecule has 0 aliphatic rings. The largest absolute Gasteiger partial charge is 0.479 e. The molecule has 0 aromatic heterocycles. The molecule has 2 aromatic carbocycles.